The van der Waals surface area contributed by atoms with Crippen molar-refractivity contribution >= 4 is 21.4 Å². The number of aliphatic hydroxyl groups is 1. The van der Waals surface area contributed by atoms with Gasteiger partial charge in [-0.15, -0.1) is 0 Å². The number of sulfonamides is 1. The van der Waals surface area contributed by atoms with E-state index >= 15 is 0 Å². The maximum absolute atomic E-state index is 11.5. The smallest absolute Gasteiger partial charge is 0.238 e. The second-order valence-electron chi connectivity index (χ2n) is 5.82. The summed E-state index contributed by atoms with van der Waals surface area (Å²) in [7, 11) is -0.121. The molecule has 0 aromatic heterocycles. The van der Waals surface area contributed by atoms with Crippen LogP contribution in [0.2, 0.25) is 0 Å². The van der Waals surface area contributed by atoms with Gasteiger partial charge in [-0.1, -0.05) is 0 Å². The molecule has 120 valence electrons. The normalized spacial score (nSPS) is 15.0. The van der Waals surface area contributed by atoms with E-state index in [1.54, 1.807) is 19.9 Å². The van der Waals surface area contributed by atoms with Gasteiger partial charge in [0.05, 0.1) is 10.5 Å². The monoisotopic (exact) mass is 316 g/mol. The first kappa shape index (κ1) is 17.7. The largest absolute Gasteiger partial charge is 0.399 e. The van der Waals surface area contributed by atoms with Crippen LogP contribution < -0.4 is 16.2 Å². The van der Waals surface area contributed by atoms with Gasteiger partial charge in [0.2, 0.25) is 10.0 Å². The summed E-state index contributed by atoms with van der Waals surface area (Å²) in [4.78, 5) is 1.85. The predicted octanol–water partition coefficient (Wildman–Crippen LogP) is -0.0509. The predicted molar refractivity (Wildman–Crippen MR) is 84.6 cm³/mol. The summed E-state index contributed by atoms with van der Waals surface area (Å²) in [5, 5.41) is 18.5. The molecule has 8 heteroatoms. The number of nitrogens with two attached hydrogens (primary N) is 2. The number of hydrogen-bond donors (Lipinski definition) is 4. The molecule has 0 aliphatic carbocycles. The van der Waals surface area contributed by atoms with Crippen molar-refractivity contribution in [2.75, 3.05) is 38.2 Å². The molecule has 1 aromatic carbocycles. The molecule has 0 radical (unpaired) electrons. The molecule has 0 aliphatic heterocycles. The van der Waals surface area contributed by atoms with Crippen molar-refractivity contribution in [3.63, 3.8) is 0 Å². The van der Waals surface area contributed by atoms with Crippen LogP contribution in [0.25, 0.3) is 0 Å². The number of likely N-dealkylation sites (N-methyl/N-ethyl adjacent to an activating group) is 1. The van der Waals surface area contributed by atoms with Crippen LogP contribution in [0.3, 0.4) is 0 Å². The van der Waals surface area contributed by atoms with Gasteiger partial charge in [0.15, 0.2) is 0 Å². The minimum Gasteiger partial charge on any atom is -0.399 e. The molecule has 21 heavy (non-hydrogen) atoms. The Morgan fingerprint density at radius 3 is 2.43 bits per heavy atom. The SMILES string of the molecule is Cc1c(NCC(C)(O)CN(C)C)cc(N)cc1S(N)(=O)=O. The number of nitrogen functional groups attached to an aromatic ring is 1. The van der Waals surface area contributed by atoms with Crippen molar-refractivity contribution < 1.29 is 13.5 Å². The first-order chi connectivity index (χ1) is 9.42. The van der Waals surface area contributed by atoms with Gasteiger partial charge in [-0.2, -0.15) is 0 Å². The van der Waals surface area contributed by atoms with E-state index in [1.165, 1.54) is 6.07 Å². The van der Waals surface area contributed by atoms with E-state index in [2.05, 4.69) is 5.32 Å². The van der Waals surface area contributed by atoms with Gasteiger partial charge in [-0.05, 0) is 45.6 Å². The molecule has 0 fully saturated rings. The highest BCUT2D eigenvalue weighted by molar-refractivity contribution is 7.89. The van der Waals surface area contributed by atoms with Gasteiger partial charge in [-0.3, -0.25) is 0 Å². The summed E-state index contributed by atoms with van der Waals surface area (Å²) >= 11 is 0. The fourth-order valence-corrected chi connectivity index (χ4v) is 3.05. The zero-order chi connectivity index (χ0) is 16.4. The second kappa shape index (κ2) is 6.18. The standard InChI is InChI=1S/C13H24N4O3S/c1-9-11(16-7-13(2,18)8-17(3)4)5-10(14)6-12(9)21(15,19)20/h5-6,16,18H,7-8,14H2,1-4H3,(H2,15,19,20). The number of primary sulfonamides is 1. The molecule has 6 N–H and O–H groups in total. The van der Waals surface area contributed by atoms with Gasteiger partial charge < -0.3 is 21.1 Å². The molecule has 0 aliphatic rings. The Kier molecular flexibility index (Phi) is 5.21. The lowest BCUT2D eigenvalue weighted by atomic mass is 10.1. The molecular weight excluding hydrogens is 292 g/mol. The summed E-state index contributed by atoms with van der Waals surface area (Å²) in [6.45, 7) is 4.05. The van der Waals surface area contributed by atoms with Crippen LogP contribution in [0.4, 0.5) is 11.4 Å². The lowest BCUT2D eigenvalue weighted by molar-refractivity contribution is 0.0460. The van der Waals surface area contributed by atoms with Gasteiger partial charge >= 0.3 is 0 Å². The molecule has 1 rings (SSSR count). The van der Waals surface area contributed by atoms with E-state index in [-0.39, 0.29) is 11.4 Å². The quantitative estimate of drug-likeness (QED) is 0.546. The van der Waals surface area contributed by atoms with Gasteiger partial charge in [0.1, 0.15) is 0 Å². The zero-order valence-electron chi connectivity index (χ0n) is 12.8. The first-order valence-electron chi connectivity index (χ1n) is 6.46. The Hall–Kier alpha value is -1.35. The number of benzene rings is 1. The summed E-state index contributed by atoms with van der Waals surface area (Å²) in [6, 6.07) is 2.95. The summed E-state index contributed by atoms with van der Waals surface area (Å²) < 4.78 is 23.1. The summed E-state index contributed by atoms with van der Waals surface area (Å²) in [6.07, 6.45) is 0. The Morgan fingerprint density at radius 2 is 1.95 bits per heavy atom. The Labute approximate surface area is 126 Å². The molecule has 0 spiro atoms. The van der Waals surface area contributed by atoms with Crippen molar-refractivity contribution in [3.05, 3.63) is 17.7 Å². The summed E-state index contributed by atoms with van der Waals surface area (Å²) in [5.41, 5.74) is 6.05. The number of nitrogens with one attached hydrogen (secondary N) is 1. The van der Waals surface area contributed by atoms with Crippen molar-refractivity contribution in [3.8, 4) is 0 Å². The number of nitrogens with zero attached hydrogens (tertiary/aromatic N) is 1. The lowest BCUT2D eigenvalue weighted by Gasteiger charge is -2.28. The summed E-state index contributed by atoms with van der Waals surface area (Å²) in [5.74, 6) is 0. The molecular formula is C13H24N4O3S. The third-order valence-corrected chi connectivity index (χ3v) is 4.04. The van der Waals surface area contributed by atoms with E-state index in [4.69, 9.17) is 10.9 Å². The zero-order valence-corrected chi connectivity index (χ0v) is 13.7. The maximum atomic E-state index is 11.5. The Bertz CT molecular complexity index is 612. The maximum Gasteiger partial charge on any atom is 0.238 e. The molecule has 1 aromatic rings. The molecule has 0 amide bonds. The Morgan fingerprint density at radius 1 is 1.38 bits per heavy atom. The minimum atomic E-state index is -3.84. The van der Waals surface area contributed by atoms with Gasteiger partial charge in [-0.25, -0.2) is 13.6 Å². The van der Waals surface area contributed by atoms with Gasteiger partial charge in [0.25, 0.3) is 0 Å². The van der Waals surface area contributed by atoms with E-state index in [9.17, 15) is 13.5 Å². The van der Waals surface area contributed by atoms with Crippen LogP contribution in [-0.4, -0.2) is 51.2 Å². The van der Waals surface area contributed by atoms with Crippen LogP contribution in [0.5, 0.6) is 0 Å². The topological polar surface area (TPSA) is 122 Å². The molecule has 0 saturated carbocycles. The van der Waals surface area contributed by atoms with E-state index in [1.807, 2.05) is 19.0 Å². The number of anilines is 2. The molecule has 7 nitrogen and oxygen atoms in total. The Balaban J connectivity index is 3.03. The van der Waals surface area contributed by atoms with E-state index in [0.717, 1.165) is 0 Å². The highest BCUT2D eigenvalue weighted by Crippen LogP contribution is 2.26. The molecule has 0 bridgehead atoms. The third-order valence-electron chi connectivity index (χ3n) is 3.01. The van der Waals surface area contributed by atoms with Crippen molar-refractivity contribution in [2.45, 2.75) is 24.3 Å². The fourth-order valence-electron chi connectivity index (χ4n) is 2.21. The van der Waals surface area contributed by atoms with Crippen LogP contribution in [0.1, 0.15) is 12.5 Å². The van der Waals surface area contributed by atoms with Crippen LogP contribution in [0.15, 0.2) is 17.0 Å². The van der Waals surface area contributed by atoms with Crippen molar-refractivity contribution in [2.24, 2.45) is 5.14 Å². The first-order valence-corrected chi connectivity index (χ1v) is 8.01. The molecule has 1 unspecified atom stereocenters. The van der Waals surface area contributed by atoms with Crippen LogP contribution in [-0.2, 0) is 10.0 Å². The number of rotatable bonds is 6. The third kappa shape index (κ3) is 5.16. The van der Waals surface area contributed by atoms with Crippen molar-refractivity contribution in [1.29, 1.82) is 0 Å². The molecule has 1 atom stereocenters. The lowest BCUT2D eigenvalue weighted by Crippen LogP contribution is -2.43. The molecule has 0 saturated heterocycles. The molecule has 0 heterocycles. The average Bonchev–Trinajstić information content (AvgIpc) is 2.26. The van der Waals surface area contributed by atoms with E-state index in [0.29, 0.717) is 23.5 Å². The second-order valence-corrected chi connectivity index (χ2v) is 7.35. The average molecular weight is 316 g/mol. The minimum absolute atomic E-state index is 0.0164. The highest BCUT2D eigenvalue weighted by atomic mass is 32.2. The number of hydrogen-bond acceptors (Lipinski definition) is 6. The van der Waals surface area contributed by atoms with Gasteiger partial charge in [0, 0.05) is 24.5 Å². The fraction of sp³-hybridized carbons (Fsp3) is 0.538. The van der Waals surface area contributed by atoms with Crippen molar-refractivity contribution in [1.82, 2.24) is 4.90 Å². The van der Waals surface area contributed by atoms with Crippen LogP contribution in [0, 0.1) is 6.92 Å². The van der Waals surface area contributed by atoms with E-state index < -0.39 is 15.6 Å². The van der Waals surface area contributed by atoms with Crippen LogP contribution >= 0.6 is 0 Å². The highest BCUT2D eigenvalue weighted by Gasteiger charge is 2.22.